The van der Waals surface area contributed by atoms with Gasteiger partial charge >= 0.3 is 12.2 Å². The molecule has 1 aromatic carbocycles. The maximum Gasteiger partial charge on any atom is 0.415 e. The van der Waals surface area contributed by atoms with Gasteiger partial charge in [0.15, 0.2) is 6.10 Å². The molecule has 11 heteroatoms. The van der Waals surface area contributed by atoms with Crippen molar-refractivity contribution in [1.29, 1.82) is 0 Å². The van der Waals surface area contributed by atoms with Crippen molar-refractivity contribution in [2.24, 2.45) is 0 Å². The topological polar surface area (TPSA) is 129 Å². The highest BCUT2D eigenvalue weighted by molar-refractivity contribution is 5.94. The van der Waals surface area contributed by atoms with Crippen LogP contribution in [0.15, 0.2) is 18.2 Å². The van der Waals surface area contributed by atoms with Crippen molar-refractivity contribution in [1.82, 2.24) is 10.2 Å². The molecule has 0 spiro atoms. The zero-order valence-corrected chi connectivity index (χ0v) is 17.4. The number of cyclic esters (lactones) is 1. The standard InChI is InChI=1S/C21H24FN3O7/c1-31-20(29)23-9-18-16-7-12-6-13(14(22)8-15(12)25(16)21(30)32-18)11-2-4-24(5-3-11)19(28)17(27)10-26/h2,6,8,16-18,26-27H,3-5,7,9-10H2,1H3,(H,23,29)/t16-,17?,18?/m0/s1. The van der Waals surface area contributed by atoms with Gasteiger partial charge in [-0.2, -0.15) is 0 Å². The third kappa shape index (κ3) is 3.89. The summed E-state index contributed by atoms with van der Waals surface area (Å²) in [5, 5.41) is 21.0. The summed E-state index contributed by atoms with van der Waals surface area (Å²) in [6.45, 7) is -0.0795. The fourth-order valence-corrected chi connectivity index (χ4v) is 4.37. The van der Waals surface area contributed by atoms with E-state index in [9.17, 15) is 19.5 Å². The van der Waals surface area contributed by atoms with Crippen LogP contribution in [-0.4, -0.2) is 84.8 Å². The molecule has 3 aliphatic rings. The van der Waals surface area contributed by atoms with Crippen molar-refractivity contribution in [3.63, 3.8) is 0 Å². The lowest BCUT2D eigenvalue weighted by Gasteiger charge is -2.28. The summed E-state index contributed by atoms with van der Waals surface area (Å²) in [7, 11) is 1.24. The molecular formula is C21H24FN3O7. The van der Waals surface area contributed by atoms with Crippen LogP contribution in [0.1, 0.15) is 17.5 Å². The second-order valence-corrected chi connectivity index (χ2v) is 7.86. The molecule has 4 rings (SSSR count). The Balaban J connectivity index is 1.51. The van der Waals surface area contributed by atoms with E-state index >= 15 is 4.39 Å². The van der Waals surface area contributed by atoms with Gasteiger partial charge in [0.2, 0.25) is 0 Å². The van der Waals surface area contributed by atoms with Crippen LogP contribution in [0, 0.1) is 5.82 Å². The van der Waals surface area contributed by atoms with E-state index in [0.717, 1.165) is 11.1 Å². The molecule has 32 heavy (non-hydrogen) atoms. The second-order valence-electron chi connectivity index (χ2n) is 7.86. The highest BCUT2D eigenvalue weighted by Crippen LogP contribution is 2.41. The third-order valence-corrected chi connectivity index (χ3v) is 6.02. The van der Waals surface area contributed by atoms with Gasteiger partial charge in [-0.05, 0) is 36.1 Å². The van der Waals surface area contributed by atoms with Gasteiger partial charge in [0.05, 0.1) is 32.0 Å². The highest BCUT2D eigenvalue weighted by atomic mass is 19.1. The third-order valence-electron chi connectivity index (χ3n) is 6.02. The molecule has 0 aliphatic carbocycles. The van der Waals surface area contributed by atoms with E-state index in [4.69, 9.17) is 9.84 Å². The molecule has 0 radical (unpaired) electrons. The van der Waals surface area contributed by atoms with Crippen molar-refractivity contribution < 1.29 is 38.5 Å². The van der Waals surface area contributed by atoms with E-state index in [1.54, 1.807) is 12.1 Å². The first-order valence-corrected chi connectivity index (χ1v) is 10.2. The van der Waals surface area contributed by atoms with Crippen molar-refractivity contribution in [2.45, 2.75) is 31.1 Å². The number of benzene rings is 1. The zero-order valence-electron chi connectivity index (χ0n) is 17.4. The molecule has 3 amide bonds. The molecule has 0 saturated carbocycles. The smallest absolute Gasteiger partial charge is 0.415 e. The Bertz CT molecular complexity index is 982. The molecule has 0 aromatic heterocycles. The minimum Gasteiger partial charge on any atom is -0.453 e. The first-order chi connectivity index (χ1) is 15.3. The predicted molar refractivity (Wildman–Crippen MR) is 109 cm³/mol. The number of anilines is 1. The number of halogens is 1. The number of amides is 3. The lowest BCUT2D eigenvalue weighted by atomic mass is 9.95. The number of hydrogen-bond donors (Lipinski definition) is 3. The molecule has 1 fully saturated rings. The first kappa shape index (κ1) is 22.0. The Morgan fingerprint density at radius 3 is 2.84 bits per heavy atom. The summed E-state index contributed by atoms with van der Waals surface area (Å²) < 4.78 is 24.9. The van der Waals surface area contributed by atoms with Crippen LogP contribution in [0.2, 0.25) is 0 Å². The molecule has 172 valence electrons. The van der Waals surface area contributed by atoms with E-state index in [-0.39, 0.29) is 19.1 Å². The molecule has 1 saturated heterocycles. The number of hydrogen-bond acceptors (Lipinski definition) is 7. The molecule has 3 heterocycles. The number of nitrogens with one attached hydrogen (secondary N) is 1. The molecule has 1 aromatic rings. The Morgan fingerprint density at radius 1 is 1.41 bits per heavy atom. The number of methoxy groups -OCH3 is 1. The van der Waals surface area contributed by atoms with E-state index in [2.05, 4.69) is 10.1 Å². The average Bonchev–Trinajstić information content (AvgIpc) is 3.32. The van der Waals surface area contributed by atoms with Crippen LogP contribution in [-0.2, 0) is 20.7 Å². The van der Waals surface area contributed by atoms with Gasteiger partial charge in [0.1, 0.15) is 11.9 Å². The van der Waals surface area contributed by atoms with Gasteiger partial charge in [0.25, 0.3) is 5.91 Å². The van der Waals surface area contributed by atoms with Crippen molar-refractivity contribution >= 4 is 29.4 Å². The largest absolute Gasteiger partial charge is 0.453 e. The summed E-state index contributed by atoms with van der Waals surface area (Å²) in [6.07, 6.45) is -0.715. The summed E-state index contributed by atoms with van der Waals surface area (Å²) in [5.41, 5.74) is 2.37. The van der Waals surface area contributed by atoms with Crippen LogP contribution in [0.5, 0.6) is 0 Å². The van der Waals surface area contributed by atoms with Gasteiger partial charge in [0, 0.05) is 18.7 Å². The Labute approximate surface area is 183 Å². The van der Waals surface area contributed by atoms with Gasteiger partial charge in [-0.25, -0.2) is 14.0 Å². The number of aliphatic hydroxyl groups is 2. The van der Waals surface area contributed by atoms with Gasteiger partial charge in [-0.15, -0.1) is 0 Å². The molecule has 0 bridgehead atoms. The number of fused-ring (bicyclic) bond motifs is 3. The summed E-state index contributed by atoms with van der Waals surface area (Å²) >= 11 is 0. The number of ether oxygens (including phenoxy) is 2. The fourth-order valence-electron chi connectivity index (χ4n) is 4.37. The number of nitrogens with zero attached hydrogens (tertiary/aromatic N) is 2. The summed E-state index contributed by atoms with van der Waals surface area (Å²) in [6, 6.07) is 2.67. The lowest BCUT2D eigenvalue weighted by Crippen LogP contribution is -2.42. The average molecular weight is 449 g/mol. The van der Waals surface area contributed by atoms with Crippen LogP contribution in [0.3, 0.4) is 0 Å². The van der Waals surface area contributed by atoms with Crippen molar-refractivity contribution in [3.05, 3.63) is 35.2 Å². The minimum atomic E-state index is -1.46. The predicted octanol–water partition coefficient (Wildman–Crippen LogP) is 0.400. The molecule has 2 unspecified atom stereocenters. The van der Waals surface area contributed by atoms with E-state index in [0.29, 0.717) is 30.6 Å². The fraction of sp³-hybridized carbons (Fsp3) is 0.476. The number of carbonyl (C=O) groups is 3. The second kappa shape index (κ2) is 8.75. The summed E-state index contributed by atoms with van der Waals surface area (Å²) in [5.74, 6) is -1.06. The Morgan fingerprint density at radius 2 is 2.19 bits per heavy atom. The number of carbonyl (C=O) groups excluding carboxylic acids is 3. The zero-order chi connectivity index (χ0) is 23.0. The van der Waals surface area contributed by atoms with Crippen LogP contribution < -0.4 is 10.2 Å². The normalized spacial score (nSPS) is 22.6. The number of aliphatic hydroxyl groups excluding tert-OH is 2. The molecular weight excluding hydrogens is 425 g/mol. The van der Waals surface area contributed by atoms with Gasteiger partial charge in [-0.1, -0.05) is 6.08 Å². The maximum absolute atomic E-state index is 15.0. The number of rotatable bonds is 5. The Hall–Kier alpha value is -3.18. The van der Waals surface area contributed by atoms with Crippen molar-refractivity contribution in [2.75, 3.05) is 38.3 Å². The SMILES string of the molecule is COC(=O)NCC1OC(=O)N2c3cc(F)c(C4=CCN(C(=O)C(O)CO)CC4)cc3C[C@@H]12. The summed E-state index contributed by atoms with van der Waals surface area (Å²) in [4.78, 5) is 38.5. The Kier molecular flexibility index (Phi) is 6.02. The molecule has 3 atom stereocenters. The molecule has 3 aliphatic heterocycles. The van der Waals surface area contributed by atoms with Crippen LogP contribution in [0.25, 0.3) is 5.57 Å². The number of alkyl carbamates (subject to hydrolysis) is 1. The minimum absolute atomic E-state index is 0.0810. The lowest BCUT2D eigenvalue weighted by molar-refractivity contribution is -0.141. The van der Waals surface area contributed by atoms with Crippen molar-refractivity contribution in [3.8, 4) is 0 Å². The van der Waals surface area contributed by atoms with Gasteiger partial charge < -0.3 is 29.9 Å². The van der Waals surface area contributed by atoms with Gasteiger partial charge in [-0.3, -0.25) is 9.69 Å². The quantitative estimate of drug-likeness (QED) is 0.594. The van der Waals surface area contributed by atoms with Crippen LogP contribution in [0.4, 0.5) is 19.7 Å². The maximum atomic E-state index is 15.0. The molecule has 10 nitrogen and oxygen atoms in total. The van der Waals surface area contributed by atoms with E-state index in [1.807, 2.05) is 0 Å². The van der Waals surface area contributed by atoms with E-state index < -0.39 is 42.7 Å². The van der Waals surface area contributed by atoms with E-state index in [1.165, 1.54) is 23.0 Å². The monoisotopic (exact) mass is 449 g/mol. The highest BCUT2D eigenvalue weighted by Gasteiger charge is 2.48. The van der Waals surface area contributed by atoms with Crippen LogP contribution >= 0.6 is 0 Å². The molecule has 3 N–H and O–H groups in total. The first-order valence-electron chi connectivity index (χ1n) is 10.2.